The number of aromatic nitrogens is 3. The molecule has 3 aromatic rings. The number of hydrogen-bond donors (Lipinski definition) is 2. The van der Waals surface area contributed by atoms with E-state index in [1.54, 1.807) is 38.1 Å². The van der Waals surface area contributed by atoms with Gasteiger partial charge in [-0.25, -0.2) is 0 Å². The van der Waals surface area contributed by atoms with E-state index in [1.807, 2.05) is 0 Å². The van der Waals surface area contributed by atoms with Crippen molar-refractivity contribution in [3.05, 3.63) is 47.2 Å². The minimum atomic E-state index is -0.394. The standard InChI is InChI=1S/C15H13N5O2/c1-8(15-18-9(2)20-22-15)17-14(21)13-6-11-5-10(7-16)3-4-12(11)19-13/h3-6,8,19H,1-2H3,(H,17,21). The van der Waals surface area contributed by atoms with E-state index >= 15 is 0 Å². The number of aryl methyl sites for hydroxylation is 1. The molecular weight excluding hydrogens is 282 g/mol. The van der Waals surface area contributed by atoms with Crippen molar-refractivity contribution >= 4 is 16.8 Å². The molecule has 110 valence electrons. The Morgan fingerprint density at radius 1 is 1.45 bits per heavy atom. The van der Waals surface area contributed by atoms with Crippen LogP contribution in [0.3, 0.4) is 0 Å². The van der Waals surface area contributed by atoms with Crippen LogP contribution in [0.25, 0.3) is 10.9 Å². The minimum absolute atomic E-state index is 0.280. The first-order valence-corrected chi connectivity index (χ1v) is 6.71. The molecule has 0 bridgehead atoms. The summed E-state index contributed by atoms with van der Waals surface area (Å²) in [5.41, 5.74) is 1.76. The third-order valence-corrected chi connectivity index (χ3v) is 3.26. The Morgan fingerprint density at radius 2 is 2.27 bits per heavy atom. The second-order valence-corrected chi connectivity index (χ2v) is 4.97. The molecule has 22 heavy (non-hydrogen) atoms. The normalized spacial score (nSPS) is 12.0. The number of carbonyl (C=O) groups excluding carboxylic acids is 1. The van der Waals surface area contributed by atoms with Crippen LogP contribution < -0.4 is 5.32 Å². The first-order valence-electron chi connectivity index (χ1n) is 6.71. The summed E-state index contributed by atoms with van der Waals surface area (Å²) in [6, 6.07) is 8.59. The number of hydrogen-bond acceptors (Lipinski definition) is 5. The Balaban J connectivity index is 1.81. The summed E-state index contributed by atoms with van der Waals surface area (Å²) in [6.45, 7) is 3.48. The fourth-order valence-corrected chi connectivity index (χ4v) is 2.15. The van der Waals surface area contributed by atoms with Crippen LogP contribution in [0.5, 0.6) is 0 Å². The maximum absolute atomic E-state index is 12.3. The SMILES string of the molecule is Cc1noc(C(C)NC(=O)c2cc3cc(C#N)ccc3[nH]2)n1. The van der Waals surface area contributed by atoms with E-state index in [0.717, 1.165) is 10.9 Å². The lowest BCUT2D eigenvalue weighted by Gasteiger charge is -2.08. The van der Waals surface area contributed by atoms with Gasteiger partial charge in [0, 0.05) is 10.9 Å². The lowest BCUT2D eigenvalue weighted by Crippen LogP contribution is -2.27. The van der Waals surface area contributed by atoms with E-state index < -0.39 is 6.04 Å². The number of carbonyl (C=O) groups is 1. The number of fused-ring (bicyclic) bond motifs is 1. The van der Waals surface area contributed by atoms with Crippen molar-refractivity contribution in [2.24, 2.45) is 0 Å². The molecule has 0 radical (unpaired) electrons. The van der Waals surface area contributed by atoms with Crippen LogP contribution in [0, 0.1) is 18.3 Å². The Morgan fingerprint density at radius 3 is 2.95 bits per heavy atom. The van der Waals surface area contributed by atoms with Gasteiger partial charge in [0.05, 0.1) is 11.6 Å². The number of H-pyrrole nitrogens is 1. The van der Waals surface area contributed by atoms with E-state index in [1.165, 1.54) is 0 Å². The second kappa shape index (κ2) is 5.33. The van der Waals surface area contributed by atoms with Crippen molar-refractivity contribution in [2.75, 3.05) is 0 Å². The lowest BCUT2D eigenvalue weighted by atomic mass is 10.2. The van der Waals surface area contributed by atoms with Gasteiger partial charge in [0.1, 0.15) is 11.7 Å². The van der Waals surface area contributed by atoms with E-state index in [9.17, 15) is 4.79 Å². The summed E-state index contributed by atoms with van der Waals surface area (Å²) < 4.78 is 5.03. The number of aromatic amines is 1. The Hall–Kier alpha value is -3.14. The van der Waals surface area contributed by atoms with E-state index in [0.29, 0.717) is 23.0 Å². The molecule has 0 aliphatic carbocycles. The van der Waals surface area contributed by atoms with Crippen LogP contribution in [-0.4, -0.2) is 21.0 Å². The number of nitrogens with zero attached hydrogens (tertiary/aromatic N) is 3. The van der Waals surface area contributed by atoms with Crippen molar-refractivity contribution in [3.63, 3.8) is 0 Å². The average molecular weight is 295 g/mol. The molecule has 1 amide bonds. The Labute approximate surface area is 125 Å². The highest BCUT2D eigenvalue weighted by molar-refractivity contribution is 5.98. The van der Waals surface area contributed by atoms with Gasteiger partial charge in [-0.15, -0.1) is 0 Å². The Bertz CT molecular complexity index is 887. The second-order valence-electron chi connectivity index (χ2n) is 4.97. The molecule has 0 aliphatic heterocycles. The molecule has 0 saturated carbocycles. The molecule has 1 aromatic carbocycles. The molecule has 0 aliphatic rings. The van der Waals surface area contributed by atoms with E-state index in [2.05, 4.69) is 26.5 Å². The van der Waals surface area contributed by atoms with Gasteiger partial charge in [-0.1, -0.05) is 5.16 Å². The van der Waals surface area contributed by atoms with Crippen molar-refractivity contribution in [1.82, 2.24) is 20.4 Å². The molecule has 2 heterocycles. The fourth-order valence-electron chi connectivity index (χ4n) is 2.15. The fraction of sp³-hybridized carbons (Fsp3) is 0.200. The zero-order chi connectivity index (χ0) is 15.7. The molecule has 7 heteroatoms. The molecule has 2 N–H and O–H groups in total. The van der Waals surface area contributed by atoms with Crippen LogP contribution in [0.2, 0.25) is 0 Å². The maximum atomic E-state index is 12.3. The Kier molecular flexibility index (Phi) is 3.35. The predicted octanol–water partition coefficient (Wildman–Crippen LogP) is 2.22. The number of benzene rings is 1. The van der Waals surface area contributed by atoms with Crippen molar-refractivity contribution in [2.45, 2.75) is 19.9 Å². The van der Waals surface area contributed by atoms with Crippen LogP contribution >= 0.6 is 0 Å². The van der Waals surface area contributed by atoms with Gasteiger partial charge in [-0.3, -0.25) is 4.79 Å². The van der Waals surface area contributed by atoms with Crippen LogP contribution in [0.1, 0.15) is 40.7 Å². The number of amides is 1. The molecule has 7 nitrogen and oxygen atoms in total. The number of rotatable bonds is 3. The minimum Gasteiger partial charge on any atom is -0.351 e. The van der Waals surface area contributed by atoms with Gasteiger partial charge in [-0.2, -0.15) is 10.2 Å². The third kappa shape index (κ3) is 2.54. The number of nitrogens with one attached hydrogen (secondary N) is 2. The van der Waals surface area contributed by atoms with Gasteiger partial charge >= 0.3 is 0 Å². The summed E-state index contributed by atoms with van der Waals surface area (Å²) in [5.74, 6) is 0.595. The maximum Gasteiger partial charge on any atom is 0.268 e. The average Bonchev–Trinajstić information content (AvgIpc) is 3.12. The zero-order valence-corrected chi connectivity index (χ0v) is 12.0. The highest BCUT2D eigenvalue weighted by Gasteiger charge is 2.17. The quantitative estimate of drug-likeness (QED) is 0.770. The molecule has 0 saturated heterocycles. The van der Waals surface area contributed by atoms with Gasteiger partial charge in [0.25, 0.3) is 5.91 Å². The molecule has 2 aromatic heterocycles. The predicted molar refractivity (Wildman–Crippen MR) is 77.9 cm³/mol. The molecule has 0 fully saturated rings. The molecular formula is C15H13N5O2. The van der Waals surface area contributed by atoms with Gasteiger partial charge in [0.2, 0.25) is 5.89 Å². The van der Waals surface area contributed by atoms with E-state index in [-0.39, 0.29) is 5.91 Å². The highest BCUT2D eigenvalue weighted by Crippen LogP contribution is 2.18. The van der Waals surface area contributed by atoms with Crippen LogP contribution in [-0.2, 0) is 0 Å². The summed E-state index contributed by atoms with van der Waals surface area (Å²) >= 11 is 0. The smallest absolute Gasteiger partial charge is 0.268 e. The van der Waals surface area contributed by atoms with Gasteiger partial charge < -0.3 is 14.8 Å². The zero-order valence-electron chi connectivity index (χ0n) is 12.0. The third-order valence-electron chi connectivity index (χ3n) is 3.26. The largest absolute Gasteiger partial charge is 0.351 e. The first kappa shape index (κ1) is 13.8. The number of nitriles is 1. The summed E-state index contributed by atoms with van der Waals surface area (Å²) in [5, 5.41) is 16.2. The molecule has 0 spiro atoms. The molecule has 1 unspecified atom stereocenters. The molecule has 1 atom stereocenters. The monoisotopic (exact) mass is 295 g/mol. The van der Waals surface area contributed by atoms with Crippen molar-refractivity contribution in [3.8, 4) is 6.07 Å². The highest BCUT2D eigenvalue weighted by atomic mass is 16.5. The summed E-state index contributed by atoms with van der Waals surface area (Å²) in [4.78, 5) is 19.4. The van der Waals surface area contributed by atoms with Gasteiger partial charge in [0.15, 0.2) is 5.82 Å². The first-order chi connectivity index (χ1) is 10.6. The van der Waals surface area contributed by atoms with Crippen LogP contribution in [0.4, 0.5) is 0 Å². The lowest BCUT2D eigenvalue weighted by molar-refractivity contribution is 0.0928. The van der Waals surface area contributed by atoms with E-state index in [4.69, 9.17) is 9.78 Å². The van der Waals surface area contributed by atoms with Crippen molar-refractivity contribution < 1.29 is 9.32 Å². The van der Waals surface area contributed by atoms with Gasteiger partial charge in [-0.05, 0) is 38.1 Å². The summed E-state index contributed by atoms with van der Waals surface area (Å²) in [6.07, 6.45) is 0. The molecule has 3 rings (SSSR count). The van der Waals surface area contributed by atoms with Crippen LogP contribution in [0.15, 0.2) is 28.8 Å². The summed E-state index contributed by atoms with van der Waals surface area (Å²) in [7, 11) is 0. The van der Waals surface area contributed by atoms with Crippen molar-refractivity contribution in [1.29, 1.82) is 5.26 Å². The topological polar surface area (TPSA) is 108 Å².